The molecule has 2 aromatic rings. The van der Waals surface area contributed by atoms with Gasteiger partial charge in [-0.2, -0.15) is 0 Å². The van der Waals surface area contributed by atoms with Crippen molar-refractivity contribution in [2.24, 2.45) is 0 Å². The van der Waals surface area contributed by atoms with Crippen molar-refractivity contribution in [3.8, 4) is 0 Å². The third-order valence-corrected chi connectivity index (χ3v) is 8.63. The summed E-state index contributed by atoms with van der Waals surface area (Å²) in [6.45, 7) is 0. The number of nitrogens with zero attached hydrogens (tertiary/aromatic N) is 2. The minimum Gasteiger partial charge on any atom is -0.365 e. The molecule has 3 aliphatic rings. The molecule has 3 heterocycles. The average Bonchev–Trinajstić information content (AvgIpc) is 2.89. The number of benzene rings is 2. The van der Waals surface area contributed by atoms with Crippen molar-refractivity contribution in [1.29, 1.82) is 0 Å². The zero-order valence-corrected chi connectivity index (χ0v) is 17.1. The van der Waals surface area contributed by atoms with Gasteiger partial charge in [-0.15, -0.1) is 0 Å². The van der Waals surface area contributed by atoms with Gasteiger partial charge in [0.05, 0.1) is 16.7 Å². The number of hydrogen-bond acceptors (Lipinski definition) is 4. The van der Waals surface area contributed by atoms with Crippen molar-refractivity contribution in [3.63, 3.8) is 0 Å². The van der Waals surface area contributed by atoms with E-state index in [0.29, 0.717) is 22.7 Å². The molecule has 1 unspecified atom stereocenters. The first-order valence-electron chi connectivity index (χ1n) is 10.0. The summed E-state index contributed by atoms with van der Waals surface area (Å²) in [4.78, 5) is 2.84. The second kappa shape index (κ2) is 6.58. The highest BCUT2D eigenvalue weighted by atomic mass is 32.2. The summed E-state index contributed by atoms with van der Waals surface area (Å²) in [6, 6.07) is 16.1. The maximum atomic E-state index is 13.2. The van der Waals surface area contributed by atoms with E-state index in [9.17, 15) is 8.42 Å². The predicted octanol–water partition coefficient (Wildman–Crippen LogP) is 3.56. The molecule has 2 fully saturated rings. The number of para-hydroxylation sites is 1. The summed E-state index contributed by atoms with van der Waals surface area (Å²) < 4.78 is 34.6. The highest BCUT2D eigenvalue weighted by Gasteiger charge is 2.42. The summed E-state index contributed by atoms with van der Waals surface area (Å²) in [7, 11) is 0.229. The van der Waals surface area contributed by atoms with Crippen LogP contribution >= 0.6 is 0 Å². The first-order valence-corrected chi connectivity index (χ1v) is 11.4. The van der Waals surface area contributed by atoms with Crippen LogP contribution in [0, 0.1) is 0 Å². The molecule has 3 aliphatic heterocycles. The van der Waals surface area contributed by atoms with Crippen molar-refractivity contribution in [3.05, 3.63) is 59.7 Å². The summed E-state index contributed by atoms with van der Waals surface area (Å²) >= 11 is 0. The van der Waals surface area contributed by atoms with Gasteiger partial charge in [-0.1, -0.05) is 36.4 Å². The zero-order valence-electron chi connectivity index (χ0n) is 16.3. The lowest BCUT2D eigenvalue weighted by Crippen LogP contribution is -2.43. The van der Waals surface area contributed by atoms with Crippen molar-refractivity contribution >= 4 is 15.7 Å². The van der Waals surface area contributed by atoms with Gasteiger partial charge in [0.2, 0.25) is 0 Å². The zero-order chi connectivity index (χ0) is 19.5. The Bertz CT molecular complexity index is 992. The fourth-order valence-electron chi connectivity index (χ4n) is 5.18. The minimum atomic E-state index is -3.62. The minimum absolute atomic E-state index is 0.144. The van der Waals surface area contributed by atoms with Crippen LogP contribution in [0.5, 0.6) is 0 Å². The van der Waals surface area contributed by atoms with Crippen molar-refractivity contribution in [1.82, 2.24) is 4.90 Å². The molecule has 0 amide bonds. The van der Waals surface area contributed by atoms with Crippen LogP contribution in [0.15, 0.2) is 53.4 Å². The monoisotopic (exact) mass is 398 g/mol. The Morgan fingerprint density at radius 2 is 1.50 bits per heavy atom. The molecule has 2 aromatic carbocycles. The summed E-state index contributed by atoms with van der Waals surface area (Å²) in [5.74, 6) is 0. The predicted molar refractivity (Wildman–Crippen MR) is 109 cm³/mol. The molecule has 148 valence electrons. The lowest BCUT2D eigenvalue weighted by molar-refractivity contribution is -0.0432. The van der Waals surface area contributed by atoms with Crippen LogP contribution in [0.4, 0.5) is 5.69 Å². The van der Waals surface area contributed by atoms with E-state index >= 15 is 0 Å². The number of fused-ring (bicyclic) bond motifs is 4. The maximum absolute atomic E-state index is 13.2. The van der Waals surface area contributed by atoms with E-state index in [4.69, 9.17) is 4.74 Å². The molecule has 5 rings (SSSR count). The Balaban J connectivity index is 1.60. The molecule has 28 heavy (non-hydrogen) atoms. The Morgan fingerprint density at radius 3 is 2.21 bits per heavy atom. The lowest BCUT2D eigenvalue weighted by Gasteiger charge is -2.38. The van der Waals surface area contributed by atoms with Gasteiger partial charge >= 0.3 is 0 Å². The van der Waals surface area contributed by atoms with Gasteiger partial charge in [-0.05, 0) is 44.9 Å². The SMILES string of the molecule is CN1[C@@H]2CC[C@H]1CC(O[C@H]1c3ccccc3N(C)S(=O)(=O)c3ccccc31)C2. The van der Waals surface area contributed by atoms with Crippen LogP contribution in [-0.2, 0) is 14.8 Å². The summed E-state index contributed by atoms with van der Waals surface area (Å²) in [5.41, 5.74) is 2.36. The Morgan fingerprint density at radius 1 is 0.893 bits per heavy atom. The number of rotatable bonds is 2. The normalized spacial score (nSPS) is 31.1. The molecule has 2 saturated heterocycles. The van der Waals surface area contributed by atoms with Gasteiger partial charge in [0.15, 0.2) is 0 Å². The Kier molecular flexibility index (Phi) is 4.27. The number of hydrogen-bond donors (Lipinski definition) is 0. The second-order valence-corrected chi connectivity index (χ2v) is 10.2. The fraction of sp³-hybridized carbons (Fsp3) is 0.455. The molecule has 0 spiro atoms. The van der Waals surface area contributed by atoms with Crippen LogP contribution in [0.3, 0.4) is 0 Å². The third-order valence-electron chi connectivity index (χ3n) is 6.78. The van der Waals surface area contributed by atoms with Gasteiger partial charge in [0, 0.05) is 30.3 Å². The van der Waals surface area contributed by atoms with Crippen LogP contribution in [-0.4, -0.2) is 45.6 Å². The van der Waals surface area contributed by atoms with Gasteiger partial charge in [0.1, 0.15) is 6.10 Å². The number of anilines is 1. The Hall–Kier alpha value is -1.89. The smallest absolute Gasteiger partial charge is 0.264 e. The summed E-state index contributed by atoms with van der Waals surface area (Å²) in [5, 5.41) is 0. The molecule has 0 aromatic heterocycles. The number of piperidine rings is 1. The molecule has 6 heteroatoms. The molecule has 0 radical (unpaired) electrons. The van der Waals surface area contributed by atoms with Crippen LogP contribution < -0.4 is 4.31 Å². The van der Waals surface area contributed by atoms with Crippen LogP contribution in [0.2, 0.25) is 0 Å². The molecule has 5 nitrogen and oxygen atoms in total. The first kappa shape index (κ1) is 18.2. The first-order chi connectivity index (χ1) is 13.5. The van der Waals surface area contributed by atoms with E-state index in [1.54, 1.807) is 19.2 Å². The average molecular weight is 399 g/mol. The molecular weight excluding hydrogens is 372 g/mol. The largest absolute Gasteiger partial charge is 0.365 e. The topological polar surface area (TPSA) is 49.9 Å². The van der Waals surface area contributed by atoms with Gasteiger partial charge in [-0.25, -0.2) is 8.42 Å². The maximum Gasteiger partial charge on any atom is 0.264 e. The Labute approximate surface area is 167 Å². The van der Waals surface area contributed by atoms with E-state index in [1.165, 1.54) is 17.1 Å². The highest BCUT2D eigenvalue weighted by molar-refractivity contribution is 7.92. The molecule has 0 saturated carbocycles. The van der Waals surface area contributed by atoms with Crippen LogP contribution in [0.1, 0.15) is 42.9 Å². The van der Waals surface area contributed by atoms with E-state index in [0.717, 1.165) is 24.0 Å². The molecule has 0 N–H and O–H groups in total. The highest BCUT2D eigenvalue weighted by Crippen LogP contribution is 2.44. The van der Waals surface area contributed by atoms with Gasteiger partial charge in [0.25, 0.3) is 10.0 Å². The lowest BCUT2D eigenvalue weighted by atomic mass is 9.96. The van der Waals surface area contributed by atoms with Crippen LogP contribution in [0.25, 0.3) is 0 Å². The quantitative estimate of drug-likeness (QED) is 0.776. The number of sulfonamides is 1. The molecule has 4 atom stereocenters. The van der Waals surface area contributed by atoms with Crippen molar-refractivity contribution < 1.29 is 13.2 Å². The third kappa shape index (κ3) is 2.70. The van der Waals surface area contributed by atoms with Gasteiger partial charge in [-0.3, -0.25) is 4.31 Å². The second-order valence-electron chi connectivity index (χ2n) is 8.23. The molecule has 0 aliphatic carbocycles. The standard InChI is InChI=1S/C22H26N2O3S/c1-23-15-11-12-16(23)14-17(13-15)27-22-18-7-3-5-9-20(18)24(2)28(25,26)21-10-6-4-8-19(21)22/h3-10,15-17,22H,11-14H2,1-2H3/t15-,16+,17?,22-/m0/s1. The summed E-state index contributed by atoms with van der Waals surface area (Å²) in [6.07, 6.45) is 4.25. The van der Waals surface area contributed by atoms with Crippen molar-refractivity contribution in [2.45, 2.75) is 54.9 Å². The van der Waals surface area contributed by atoms with Gasteiger partial charge < -0.3 is 9.64 Å². The molecule has 2 bridgehead atoms. The number of ether oxygens (including phenoxy) is 1. The van der Waals surface area contributed by atoms with E-state index in [2.05, 4.69) is 11.9 Å². The fourth-order valence-corrected chi connectivity index (χ4v) is 6.63. The molecular formula is C22H26N2O3S. The van der Waals surface area contributed by atoms with E-state index in [1.807, 2.05) is 36.4 Å². The van der Waals surface area contributed by atoms with E-state index in [-0.39, 0.29) is 12.2 Å². The van der Waals surface area contributed by atoms with Crippen molar-refractivity contribution in [2.75, 3.05) is 18.4 Å². The van der Waals surface area contributed by atoms with E-state index < -0.39 is 10.0 Å².